The summed E-state index contributed by atoms with van der Waals surface area (Å²) in [5.74, 6) is -0.480. The van der Waals surface area contributed by atoms with Gasteiger partial charge < -0.3 is 14.7 Å². The third-order valence-corrected chi connectivity index (χ3v) is 3.65. The molecule has 0 aliphatic rings. The minimum atomic E-state index is -0.942. The number of benzene rings is 1. The fourth-order valence-corrected chi connectivity index (χ4v) is 2.34. The van der Waals surface area contributed by atoms with E-state index in [9.17, 15) is 4.79 Å². The van der Waals surface area contributed by atoms with Crippen LogP contribution in [0.15, 0.2) is 24.3 Å². The monoisotopic (exact) mass is 343 g/mol. The highest BCUT2D eigenvalue weighted by molar-refractivity contribution is 5.90. The number of halogens is 1. The molecule has 0 radical (unpaired) electrons. The van der Waals surface area contributed by atoms with Crippen LogP contribution in [0.1, 0.15) is 56.3 Å². The van der Waals surface area contributed by atoms with Crippen LogP contribution < -0.4 is 4.74 Å². The van der Waals surface area contributed by atoms with Crippen LogP contribution in [0.2, 0.25) is 0 Å². The van der Waals surface area contributed by atoms with E-state index >= 15 is 0 Å². The van der Waals surface area contributed by atoms with Gasteiger partial charge in [-0.25, -0.2) is 4.79 Å². The Morgan fingerprint density at radius 2 is 1.61 bits per heavy atom. The van der Waals surface area contributed by atoms with E-state index in [2.05, 4.69) is 18.7 Å². The molecule has 0 saturated carbocycles. The maximum Gasteiger partial charge on any atom is 0.339 e. The lowest BCUT2D eigenvalue weighted by Gasteiger charge is -2.22. The highest BCUT2D eigenvalue weighted by Gasteiger charge is 2.10. The number of carboxylic acids is 1. The molecule has 4 nitrogen and oxygen atoms in total. The van der Waals surface area contributed by atoms with Crippen molar-refractivity contribution in [3.8, 4) is 5.75 Å². The summed E-state index contributed by atoms with van der Waals surface area (Å²) >= 11 is 0. The zero-order chi connectivity index (χ0) is 16.2. The molecule has 1 rings (SSSR count). The Kier molecular flexibility index (Phi) is 12.5. The summed E-state index contributed by atoms with van der Waals surface area (Å²) in [4.78, 5) is 13.6. The van der Waals surface area contributed by atoms with Crippen molar-refractivity contribution in [3.63, 3.8) is 0 Å². The molecule has 132 valence electrons. The normalized spacial score (nSPS) is 10.4. The first-order valence-electron chi connectivity index (χ1n) is 8.36. The molecule has 0 aliphatic heterocycles. The fraction of sp³-hybridized carbons (Fsp3) is 0.611. The second-order valence-electron chi connectivity index (χ2n) is 5.55. The summed E-state index contributed by atoms with van der Waals surface area (Å²) in [7, 11) is 0. The molecule has 0 bridgehead atoms. The molecule has 0 atom stereocenters. The van der Waals surface area contributed by atoms with E-state index in [1.165, 1.54) is 25.7 Å². The van der Waals surface area contributed by atoms with Gasteiger partial charge in [0.25, 0.3) is 0 Å². The number of nitrogens with zero attached hydrogens (tertiary/aromatic N) is 1. The molecule has 0 heterocycles. The van der Waals surface area contributed by atoms with Crippen molar-refractivity contribution < 1.29 is 14.6 Å². The van der Waals surface area contributed by atoms with Gasteiger partial charge in [0.2, 0.25) is 0 Å². The van der Waals surface area contributed by atoms with Gasteiger partial charge in [-0.05, 0) is 44.5 Å². The first-order chi connectivity index (χ1) is 10.7. The van der Waals surface area contributed by atoms with E-state index in [-0.39, 0.29) is 18.0 Å². The van der Waals surface area contributed by atoms with Crippen LogP contribution >= 0.6 is 12.4 Å². The van der Waals surface area contributed by atoms with Gasteiger partial charge in [-0.2, -0.15) is 0 Å². The third-order valence-electron chi connectivity index (χ3n) is 3.65. The number of para-hydroxylation sites is 1. The number of carbonyl (C=O) groups is 1. The molecule has 0 spiro atoms. The SMILES string of the molecule is CCCCN(CCCC)CCCOc1ccccc1C(=O)O.Cl. The van der Waals surface area contributed by atoms with E-state index in [4.69, 9.17) is 9.84 Å². The van der Waals surface area contributed by atoms with E-state index in [1.54, 1.807) is 24.3 Å². The van der Waals surface area contributed by atoms with E-state index in [0.717, 1.165) is 26.1 Å². The maximum atomic E-state index is 11.1. The van der Waals surface area contributed by atoms with Gasteiger partial charge in [-0.3, -0.25) is 0 Å². The lowest BCUT2D eigenvalue weighted by atomic mass is 10.2. The second-order valence-corrected chi connectivity index (χ2v) is 5.55. The molecule has 1 aromatic rings. The van der Waals surface area contributed by atoms with Crippen molar-refractivity contribution in [1.29, 1.82) is 0 Å². The van der Waals surface area contributed by atoms with Gasteiger partial charge in [0.1, 0.15) is 11.3 Å². The van der Waals surface area contributed by atoms with E-state index < -0.39 is 5.97 Å². The summed E-state index contributed by atoms with van der Waals surface area (Å²) < 4.78 is 5.65. The van der Waals surface area contributed by atoms with Gasteiger partial charge in [-0.1, -0.05) is 38.8 Å². The molecule has 0 aromatic heterocycles. The second kappa shape index (κ2) is 13.2. The Balaban J connectivity index is 0.00000484. The minimum Gasteiger partial charge on any atom is -0.493 e. The van der Waals surface area contributed by atoms with Crippen molar-refractivity contribution in [1.82, 2.24) is 4.90 Å². The van der Waals surface area contributed by atoms with Crippen LogP contribution in [0.3, 0.4) is 0 Å². The Morgan fingerprint density at radius 1 is 1.04 bits per heavy atom. The molecule has 0 aliphatic carbocycles. The summed E-state index contributed by atoms with van der Waals surface area (Å²) in [5, 5.41) is 9.12. The number of unbranched alkanes of at least 4 members (excludes halogenated alkanes) is 2. The van der Waals surface area contributed by atoms with Gasteiger partial charge in [0.15, 0.2) is 0 Å². The van der Waals surface area contributed by atoms with E-state index in [0.29, 0.717) is 12.4 Å². The van der Waals surface area contributed by atoms with Crippen molar-refractivity contribution in [3.05, 3.63) is 29.8 Å². The van der Waals surface area contributed by atoms with Crippen LogP contribution in [-0.4, -0.2) is 42.2 Å². The quantitative estimate of drug-likeness (QED) is 0.568. The number of hydrogen-bond donors (Lipinski definition) is 1. The van der Waals surface area contributed by atoms with Crippen LogP contribution in [-0.2, 0) is 0 Å². The molecule has 23 heavy (non-hydrogen) atoms. The third kappa shape index (κ3) is 8.82. The smallest absolute Gasteiger partial charge is 0.339 e. The topological polar surface area (TPSA) is 49.8 Å². The average molecular weight is 344 g/mol. The zero-order valence-electron chi connectivity index (χ0n) is 14.3. The number of ether oxygens (including phenoxy) is 1. The molecule has 0 fully saturated rings. The summed E-state index contributed by atoms with van der Waals surface area (Å²) in [6, 6.07) is 6.81. The molecule has 1 N–H and O–H groups in total. The first-order valence-corrected chi connectivity index (χ1v) is 8.36. The molecule has 0 saturated heterocycles. The number of aromatic carboxylic acids is 1. The van der Waals surface area contributed by atoms with Gasteiger partial charge in [0, 0.05) is 6.54 Å². The fourth-order valence-electron chi connectivity index (χ4n) is 2.34. The zero-order valence-corrected chi connectivity index (χ0v) is 15.1. The average Bonchev–Trinajstić information content (AvgIpc) is 2.53. The molecular formula is C18H30ClNO3. The summed E-state index contributed by atoms with van der Waals surface area (Å²) in [6.45, 7) is 8.27. The van der Waals surface area contributed by atoms with Crippen LogP contribution in [0.4, 0.5) is 0 Å². The summed E-state index contributed by atoms with van der Waals surface area (Å²) in [5.41, 5.74) is 0.233. The number of rotatable bonds is 12. The van der Waals surface area contributed by atoms with Gasteiger partial charge in [0.05, 0.1) is 6.61 Å². The van der Waals surface area contributed by atoms with Crippen molar-refractivity contribution >= 4 is 18.4 Å². The molecule has 5 heteroatoms. The van der Waals surface area contributed by atoms with Crippen LogP contribution in [0.5, 0.6) is 5.75 Å². The predicted molar refractivity (Wildman–Crippen MR) is 97.0 cm³/mol. The van der Waals surface area contributed by atoms with Crippen molar-refractivity contribution in [2.45, 2.75) is 46.0 Å². The first kappa shape index (κ1) is 21.7. The maximum absolute atomic E-state index is 11.1. The number of carboxylic acid groups (broad SMARTS) is 1. The number of hydrogen-bond acceptors (Lipinski definition) is 3. The Morgan fingerprint density at radius 3 is 2.17 bits per heavy atom. The van der Waals surface area contributed by atoms with Crippen molar-refractivity contribution in [2.24, 2.45) is 0 Å². The van der Waals surface area contributed by atoms with Crippen molar-refractivity contribution in [2.75, 3.05) is 26.2 Å². The Hall–Kier alpha value is -1.26. The largest absolute Gasteiger partial charge is 0.493 e. The highest BCUT2D eigenvalue weighted by atomic mass is 35.5. The highest BCUT2D eigenvalue weighted by Crippen LogP contribution is 2.17. The standard InChI is InChI=1S/C18H29NO3.ClH/c1-3-5-12-19(13-6-4-2)14-9-15-22-17-11-8-7-10-16(17)18(20)21;/h7-8,10-11H,3-6,9,12-15H2,1-2H3,(H,20,21);1H. The minimum absolute atomic E-state index is 0. The molecular weight excluding hydrogens is 314 g/mol. The summed E-state index contributed by atoms with van der Waals surface area (Å²) in [6.07, 6.45) is 5.80. The van der Waals surface area contributed by atoms with E-state index in [1.807, 2.05) is 0 Å². The Bertz CT molecular complexity index is 432. The predicted octanol–water partition coefficient (Wildman–Crippen LogP) is 4.48. The van der Waals surface area contributed by atoms with Crippen LogP contribution in [0, 0.1) is 0 Å². The van der Waals surface area contributed by atoms with Gasteiger partial charge in [-0.15, -0.1) is 12.4 Å². The Labute approximate surface area is 146 Å². The molecule has 0 unspecified atom stereocenters. The lowest BCUT2D eigenvalue weighted by Crippen LogP contribution is -2.28. The molecule has 0 amide bonds. The van der Waals surface area contributed by atoms with Crippen LogP contribution in [0.25, 0.3) is 0 Å². The van der Waals surface area contributed by atoms with Gasteiger partial charge >= 0.3 is 5.97 Å². The molecule has 1 aromatic carbocycles. The lowest BCUT2D eigenvalue weighted by molar-refractivity contribution is 0.0692.